The number of piperidine rings is 3. The smallest absolute Gasteiger partial charge is 0.240 e. The number of amides is 3. The number of hydrogen-bond donors (Lipinski definition) is 2. The minimum Gasteiger partial charge on any atom is -0.372 e. The lowest BCUT2D eigenvalue weighted by atomic mass is 9.64. The summed E-state index contributed by atoms with van der Waals surface area (Å²) in [6.07, 6.45) is 3.28. The van der Waals surface area contributed by atoms with Crippen LogP contribution in [0.25, 0.3) is 0 Å². The van der Waals surface area contributed by atoms with Crippen LogP contribution in [0.5, 0.6) is 0 Å². The molecule has 3 N–H and O–H groups in total. The molecule has 6 heterocycles. The van der Waals surface area contributed by atoms with Crippen molar-refractivity contribution >= 4 is 17.7 Å². The van der Waals surface area contributed by atoms with Gasteiger partial charge in [-0.1, -0.05) is 0 Å². The van der Waals surface area contributed by atoms with Crippen LogP contribution in [-0.2, 0) is 19.1 Å². The largest absolute Gasteiger partial charge is 0.372 e. The number of rotatable bonds is 3. The zero-order valence-electron chi connectivity index (χ0n) is 15.3. The first-order valence-corrected chi connectivity index (χ1v) is 10.2. The van der Waals surface area contributed by atoms with Gasteiger partial charge < -0.3 is 20.7 Å². The highest BCUT2D eigenvalue weighted by molar-refractivity contribution is 6.08. The Morgan fingerprint density at radius 1 is 1.15 bits per heavy atom. The summed E-state index contributed by atoms with van der Waals surface area (Å²) in [5.41, 5.74) is 5.86. The second-order valence-corrected chi connectivity index (χ2v) is 9.75. The molecule has 7 rings (SSSR count). The van der Waals surface area contributed by atoms with Gasteiger partial charge in [-0.05, 0) is 37.5 Å². The van der Waals surface area contributed by atoms with E-state index in [9.17, 15) is 14.4 Å². The van der Waals surface area contributed by atoms with Gasteiger partial charge in [-0.15, -0.1) is 0 Å². The van der Waals surface area contributed by atoms with E-state index >= 15 is 0 Å². The molecule has 8 nitrogen and oxygen atoms in total. The molecule has 0 aromatic heterocycles. The Labute approximate surface area is 157 Å². The van der Waals surface area contributed by atoms with E-state index in [1.54, 1.807) is 0 Å². The van der Waals surface area contributed by atoms with Crippen LogP contribution in [0.2, 0.25) is 0 Å². The highest BCUT2D eigenvalue weighted by Gasteiger charge is 2.65. The van der Waals surface area contributed by atoms with Crippen LogP contribution in [0.3, 0.4) is 0 Å². The Balaban J connectivity index is 1.16. The lowest BCUT2D eigenvalue weighted by Gasteiger charge is -2.58. The topological polar surface area (TPSA) is 105 Å². The Morgan fingerprint density at radius 3 is 2.56 bits per heavy atom. The van der Waals surface area contributed by atoms with E-state index in [0.29, 0.717) is 18.3 Å². The van der Waals surface area contributed by atoms with Gasteiger partial charge in [-0.25, -0.2) is 0 Å². The molecule has 0 aromatic rings. The molecule has 0 aromatic carbocycles. The molecule has 8 heteroatoms. The minimum atomic E-state index is -0.496. The Bertz CT molecular complexity index is 704. The number of carbonyl (C=O) groups is 3. The lowest BCUT2D eigenvalue weighted by molar-refractivity contribution is -0.147. The highest BCUT2D eigenvalue weighted by atomic mass is 16.5. The Hall–Kier alpha value is -1.51. The van der Waals surface area contributed by atoms with Gasteiger partial charge in [0, 0.05) is 25.7 Å². The Morgan fingerprint density at radius 2 is 1.85 bits per heavy atom. The predicted octanol–water partition coefficient (Wildman–Crippen LogP) is -1.31. The van der Waals surface area contributed by atoms with E-state index in [1.165, 1.54) is 6.42 Å². The van der Waals surface area contributed by atoms with E-state index in [-0.39, 0.29) is 48.1 Å². The van der Waals surface area contributed by atoms with E-state index < -0.39 is 11.8 Å². The van der Waals surface area contributed by atoms with Crippen molar-refractivity contribution < 1.29 is 19.1 Å². The first-order chi connectivity index (χ1) is 12.9. The third-order valence-corrected chi connectivity index (χ3v) is 7.79. The number of nitrogens with zero attached hydrogens (tertiary/aromatic N) is 2. The fraction of sp³-hybridized carbons (Fsp3) is 0.842. The molecule has 0 radical (unpaired) electrons. The van der Waals surface area contributed by atoms with Crippen molar-refractivity contribution in [2.24, 2.45) is 29.4 Å². The quantitative estimate of drug-likeness (QED) is 0.594. The van der Waals surface area contributed by atoms with Gasteiger partial charge in [0.25, 0.3) is 0 Å². The fourth-order valence-electron chi connectivity index (χ4n) is 7.23. The van der Waals surface area contributed by atoms with E-state index in [2.05, 4.69) is 10.2 Å². The summed E-state index contributed by atoms with van der Waals surface area (Å²) < 4.78 is 5.74. The van der Waals surface area contributed by atoms with E-state index in [0.717, 1.165) is 37.4 Å². The number of imide groups is 1. The number of likely N-dealkylation sites (tertiary alicyclic amines) is 1. The summed E-state index contributed by atoms with van der Waals surface area (Å²) in [4.78, 5) is 42.0. The maximum Gasteiger partial charge on any atom is 0.240 e. The molecule has 0 spiro atoms. The zero-order chi connectivity index (χ0) is 18.5. The van der Waals surface area contributed by atoms with E-state index in [1.807, 2.05) is 0 Å². The van der Waals surface area contributed by atoms with Crippen molar-refractivity contribution in [1.29, 1.82) is 0 Å². The number of nitrogens with one attached hydrogen (secondary N) is 1. The third kappa shape index (κ3) is 2.23. The average Bonchev–Trinajstić information content (AvgIpc) is 3.20. The normalized spacial score (nSPS) is 52.0. The van der Waals surface area contributed by atoms with E-state index in [4.69, 9.17) is 10.5 Å². The van der Waals surface area contributed by atoms with Gasteiger partial charge in [0.15, 0.2) is 0 Å². The summed E-state index contributed by atoms with van der Waals surface area (Å²) in [6.45, 7) is 3.01. The summed E-state index contributed by atoms with van der Waals surface area (Å²) >= 11 is 0. The molecular weight excluding hydrogens is 348 g/mol. The van der Waals surface area contributed by atoms with Crippen molar-refractivity contribution in [2.45, 2.75) is 49.5 Å². The maximum absolute atomic E-state index is 12.8. The number of ether oxygens (including phenoxy) is 1. The monoisotopic (exact) mass is 374 g/mol. The Kier molecular flexibility index (Phi) is 3.23. The van der Waals surface area contributed by atoms with Crippen LogP contribution in [0, 0.1) is 23.7 Å². The number of hydrogen-bond acceptors (Lipinski definition) is 6. The number of fused-ring (bicyclic) bond motifs is 5. The van der Waals surface area contributed by atoms with Gasteiger partial charge in [0.05, 0.1) is 29.6 Å². The van der Waals surface area contributed by atoms with Crippen molar-refractivity contribution in [3.05, 3.63) is 0 Å². The average molecular weight is 374 g/mol. The molecule has 7 aliphatic rings. The first-order valence-electron chi connectivity index (χ1n) is 10.2. The summed E-state index contributed by atoms with van der Waals surface area (Å²) in [5.74, 6) is -0.362. The van der Waals surface area contributed by atoms with Crippen molar-refractivity contribution in [3.8, 4) is 0 Å². The molecule has 3 amide bonds. The summed E-state index contributed by atoms with van der Waals surface area (Å²) in [7, 11) is 0. The third-order valence-electron chi connectivity index (χ3n) is 7.79. The number of carbonyl (C=O) groups excluding carboxylic acids is 3. The zero-order valence-corrected chi connectivity index (χ0v) is 15.3. The number of nitrogens with two attached hydrogens (primary N) is 1. The molecule has 7 fully saturated rings. The molecule has 9 atom stereocenters. The molecule has 6 aliphatic heterocycles. The lowest BCUT2D eigenvalue weighted by Crippen LogP contribution is -2.69. The second kappa shape index (κ2) is 5.30. The summed E-state index contributed by atoms with van der Waals surface area (Å²) in [5, 5.41) is 3.22. The van der Waals surface area contributed by atoms with Crippen LogP contribution in [-0.4, -0.2) is 77.5 Å². The van der Waals surface area contributed by atoms with Gasteiger partial charge in [0.2, 0.25) is 17.7 Å². The molecule has 6 bridgehead atoms. The van der Waals surface area contributed by atoms with Gasteiger partial charge in [-0.2, -0.15) is 0 Å². The first kappa shape index (κ1) is 16.4. The molecule has 1 saturated carbocycles. The molecular formula is C19H26N4O4. The van der Waals surface area contributed by atoms with Gasteiger partial charge in [0.1, 0.15) is 6.54 Å². The van der Waals surface area contributed by atoms with Crippen molar-refractivity contribution in [3.63, 3.8) is 0 Å². The SMILES string of the molecule is NC1CC2OC1C1C(=O)N(CC(=O)N[C@@]34C[C@@H]5C[C@@H](C[N@](C5)C3)C4)C(=O)C21. The van der Waals surface area contributed by atoms with Crippen LogP contribution < -0.4 is 11.1 Å². The fourth-order valence-corrected chi connectivity index (χ4v) is 7.23. The minimum absolute atomic E-state index is 0.170. The second-order valence-electron chi connectivity index (χ2n) is 9.75. The standard InChI is InChI=1S/C19H26N4O4/c20-11-2-12-14-15(16(11)27-12)18(26)23(17(14)25)7-13(24)21-19-3-9-1-10(4-19)6-22(5-9)8-19/h9-12,14-16H,1-8,20H2,(H,21,24)/t9-,10+,11?,12?,14?,15?,16?,19+. The maximum atomic E-state index is 12.8. The van der Waals surface area contributed by atoms with Crippen LogP contribution in [0.15, 0.2) is 0 Å². The predicted molar refractivity (Wildman–Crippen MR) is 93.1 cm³/mol. The molecule has 1 aliphatic carbocycles. The van der Waals surface area contributed by atoms with Crippen LogP contribution >= 0.6 is 0 Å². The molecule has 27 heavy (non-hydrogen) atoms. The van der Waals surface area contributed by atoms with Crippen molar-refractivity contribution in [2.75, 3.05) is 26.2 Å². The van der Waals surface area contributed by atoms with Crippen LogP contribution in [0.1, 0.15) is 25.7 Å². The molecule has 146 valence electrons. The van der Waals surface area contributed by atoms with Gasteiger partial charge >= 0.3 is 0 Å². The molecule has 5 unspecified atom stereocenters. The van der Waals surface area contributed by atoms with Gasteiger partial charge in [-0.3, -0.25) is 19.3 Å². The molecule has 6 saturated heterocycles. The summed E-state index contributed by atoms with van der Waals surface area (Å²) in [6, 6.07) is -0.192. The van der Waals surface area contributed by atoms with Crippen molar-refractivity contribution in [1.82, 2.24) is 15.1 Å². The highest BCUT2D eigenvalue weighted by Crippen LogP contribution is 2.48. The van der Waals surface area contributed by atoms with Crippen LogP contribution in [0.4, 0.5) is 0 Å².